The molecule has 0 aliphatic carbocycles. The number of furan rings is 1. The second kappa shape index (κ2) is 4.53. The van der Waals surface area contributed by atoms with Crippen molar-refractivity contribution in [2.75, 3.05) is 0 Å². The molecule has 17 heavy (non-hydrogen) atoms. The van der Waals surface area contributed by atoms with Gasteiger partial charge in [0.2, 0.25) is 0 Å². The highest BCUT2D eigenvalue weighted by molar-refractivity contribution is 5.85. The number of rotatable bonds is 3. The first kappa shape index (κ1) is 12.2. The zero-order valence-electron chi connectivity index (χ0n) is 10.9. The van der Waals surface area contributed by atoms with E-state index in [9.17, 15) is 5.11 Å². The molecule has 0 spiro atoms. The Morgan fingerprint density at radius 1 is 1.29 bits per heavy atom. The van der Waals surface area contributed by atoms with Crippen molar-refractivity contribution in [2.24, 2.45) is 0 Å². The van der Waals surface area contributed by atoms with E-state index < -0.39 is 6.10 Å². The summed E-state index contributed by atoms with van der Waals surface area (Å²) in [7, 11) is 0. The Bertz CT molecular complexity index is 523. The summed E-state index contributed by atoms with van der Waals surface area (Å²) >= 11 is 0. The van der Waals surface area contributed by atoms with Crippen LogP contribution < -0.4 is 0 Å². The van der Waals surface area contributed by atoms with Crippen molar-refractivity contribution in [3.63, 3.8) is 0 Å². The summed E-state index contributed by atoms with van der Waals surface area (Å²) in [6.07, 6.45) is 0.178. The van der Waals surface area contributed by atoms with Crippen LogP contribution in [0.15, 0.2) is 22.6 Å². The lowest BCUT2D eigenvalue weighted by Gasteiger charge is -2.07. The van der Waals surface area contributed by atoms with Gasteiger partial charge < -0.3 is 9.52 Å². The van der Waals surface area contributed by atoms with Gasteiger partial charge in [0.25, 0.3) is 0 Å². The fourth-order valence-corrected chi connectivity index (χ4v) is 2.17. The zero-order chi connectivity index (χ0) is 12.6. The molecule has 0 aliphatic heterocycles. The van der Waals surface area contributed by atoms with E-state index in [1.54, 1.807) is 0 Å². The first-order valence-electron chi connectivity index (χ1n) is 6.25. The molecule has 92 valence electrons. The predicted octanol–water partition coefficient (Wildman–Crippen LogP) is 4.31. The van der Waals surface area contributed by atoms with Crippen molar-refractivity contribution >= 4 is 11.0 Å². The van der Waals surface area contributed by atoms with Crippen LogP contribution in [0, 0.1) is 6.92 Å². The fraction of sp³-hybridized carbons (Fsp3) is 0.467. The van der Waals surface area contributed by atoms with Crippen LogP contribution in [0.4, 0.5) is 0 Å². The molecule has 0 fully saturated rings. The molecule has 0 bridgehead atoms. The topological polar surface area (TPSA) is 33.4 Å². The molecule has 0 saturated heterocycles. The first-order valence-corrected chi connectivity index (χ1v) is 6.25. The second-order valence-corrected chi connectivity index (χ2v) is 4.94. The molecule has 0 aliphatic rings. The molecule has 0 saturated carbocycles. The summed E-state index contributed by atoms with van der Waals surface area (Å²) in [5, 5.41) is 11.0. The van der Waals surface area contributed by atoms with E-state index in [0.29, 0.717) is 18.1 Å². The number of aliphatic hydroxyl groups excluding tert-OH is 1. The minimum atomic E-state index is -0.498. The summed E-state index contributed by atoms with van der Waals surface area (Å²) in [6.45, 7) is 8.34. The molecular weight excluding hydrogens is 212 g/mol. The molecule has 1 heterocycles. The summed E-state index contributed by atoms with van der Waals surface area (Å²) < 4.78 is 5.79. The lowest BCUT2D eigenvalue weighted by Crippen LogP contribution is -1.91. The Morgan fingerprint density at radius 2 is 2.00 bits per heavy atom. The third-order valence-electron chi connectivity index (χ3n) is 3.27. The standard InChI is InChI=1S/C15H20O2/c1-5-13(16)14-8-12-11(9(2)3)7-6-10(4)15(12)17-14/h6-9,13,16H,5H2,1-4H3. The van der Waals surface area contributed by atoms with Crippen molar-refractivity contribution in [2.45, 2.75) is 46.1 Å². The third kappa shape index (κ3) is 2.09. The van der Waals surface area contributed by atoms with Gasteiger partial charge in [0.1, 0.15) is 17.4 Å². The molecule has 2 nitrogen and oxygen atoms in total. The van der Waals surface area contributed by atoms with Gasteiger partial charge in [-0.3, -0.25) is 0 Å². The summed E-state index contributed by atoms with van der Waals surface area (Å²) in [5.41, 5.74) is 3.32. The molecule has 0 amide bonds. The minimum absolute atomic E-state index is 0.460. The molecule has 1 atom stereocenters. The van der Waals surface area contributed by atoms with Crippen LogP contribution in [-0.4, -0.2) is 5.11 Å². The number of hydrogen-bond donors (Lipinski definition) is 1. The molecule has 1 unspecified atom stereocenters. The van der Waals surface area contributed by atoms with E-state index in [-0.39, 0.29) is 0 Å². The highest BCUT2D eigenvalue weighted by Gasteiger charge is 2.16. The van der Waals surface area contributed by atoms with Gasteiger partial charge in [-0.15, -0.1) is 0 Å². The molecule has 2 aromatic rings. The average Bonchev–Trinajstić information content (AvgIpc) is 2.73. The number of benzene rings is 1. The maximum atomic E-state index is 9.86. The van der Waals surface area contributed by atoms with Crippen LogP contribution in [0.25, 0.3) is 11.0 Å². The van der Waals surface area contributed by atoms with Gasteiger partial charge in [-0.05, 0) is 36.5 Å². The Morgan fingerprint density at radius 3 is 2.59 bits per heavy atom. The van der Waals surface area contributed by atoms with Crippen LogP contribution in [0.2, 0.25) is 0 Å². The summed E-state index contributed by atoms with van der Waals surface area (Å²) in [6, 6.07) is 6.23. The quantitative estimate of drug-likeness (QED) is 0.855. The van der Waals surface area contributed by atoms with E-state index in [2.05, 4.69) is 26.0 Å². The van der Waals surface area contributed by atoms with Gasteiger partial charge in [-0.25, -0.2) is 0 Å². The highest BCUT2D eigenvalue weighted by Crippen LogP contribution is 2.33. The molecule has 1 aromatic heterocycles. The predicted molar refractivity (Wildman–Crippen MR) is 70.3 cm³/mol. The van der Waals surface area contributed by atoms with Crippen molar-refractivity contribution < 1.29 is 9.52 Å². The minimum Gasteiger partial charge on any atom is -0.458 e. The number of hydrogen-bond acceptors (Lipinski definition) is 2. The largest absolute Gasteiger partial charge is 0.458 e. The smallest absolute Gasteiger partial charge is 0.137 e. The monoisotopic (exact) mass is 232 g/mol. The Hall–Kier alpha value is -1.28. The Balaban J connectivity index is 2.65. The van der Waals surface area contributed by atoms with Crippen LogP contribution >= 0.6 is 0 Å². The van der Waals surface area contributed by atoms with Gasteiger partial charge in [-0.1, -0.05) is 32.9 Å². The van der Waals surface area contributed by atoms with Gasteiger partial charge >= 0.3 is 0 Å². The van der Waals surface area contributed by atoms with Crippen LogP contribution in [0.3, 0.4) is 0 Å². The Kier molecular flexibility index (Phi) is 3.25. The SMILES string of the molecule is CCC(O)c1cc2c(C(C)C)ccc(C)c2o1. The maximum Gasteiger partial charge on any atom is 0.137 e. The highest BCUT2D eigenvalue weighted by atomic mass is 16.4. The third-order valence-corrected chi connectivity index (χ3v) is 3.27. The van der Waals surface area contributed by atoms with Gasteiger partial charge in [0.15, 0.2) is 0 Å². The van der Waals surface area contributed by atoms with Crippen molar-refractivity contribution in [3.05, 3.63) is 35.1 Å². The van der Waals surface area contributed by atoms with Crippen LogP contribution in [0.5, 0.6) is 0 Å². The van der Waals surface area contributed by atoms with Gasteiger partial charge in [-0.2, -0.15) is 0 Å². The summed E-state index contributed by atoms with van der Waals surface area (Å²) in [4.78, 5) is 0. The molecule has 0 radical (unpaired) electrons. The number of aryl methyl sites for hydroxylation is 1. The van der Waals surface area contributed by atoms with E-state index in [4.69, 9.17) is 4.42 Å². The van der Waals surface area contributed by atoms with Crippen molar-refractivity contribution in [3.8, 4) is 0 Å². The van der Waals surface area contributed by atoms with E-state index in [1.165, 1.54) is 5.56 Å². The maximum absolute atomic E-state index is 9.86. The van der Waals surface area contributed by atoms with Gasteiger partial charge in [0, 0.05) is 5.39 Å². The zero-order valence-corrected chi connectivity index (χ0v) is 10.9. The second-order valence-electron chi connectivity index (χ2n) is 4.94. The van der Waals surface area contributed by atoms with E-state index in [1.807, 2.05) is 19.9 Å². The summed E-state index contributed by atoms with van der Waals surface area (Å²) in [5.74, 6) is 1.14. The molecular formula is C15H20O2. The first-order chi connectivity index (χ1) is 8.04. The Labute approximate surface area is 102 Å². The molecule has 1 N–H and O–H groups in total. The molecule has 2 heteroatoms. The number of fused-ring (bicyclic) bond motifs is 1. The van der Waals surface area contributed by atoms with E-state index in [0.717, 1.165) is 16.5 Å². The fourth-order valence-electron chi connectivity index (χ4n) is 2.17. The normalized spacial score (nSPS) is 13.5. The number of aliphatic hydroxyl groups is 1. The van der Waals surface area contributed by atoms with Crippen molar-refractivity contribution in [1.29, 1.82) is 0 Å². The van der Waals surface area contributed by atoms with Crippen molar-refractivity contribution in [1.82, 2.24) is 0 Å². The van der Waals surface area contributed by atoms with Crippen LogP contribution in [-0.2, 0) is 0 Å². The average molecular weight is 232 g/mol. The lowest BCUT2D eigenvalue weighted by atomic mass is 9.97. The van der Waals surface area contributed by atoms with E-state index >= 15 is 0 Å². The molecule has 2 rings (SSSR count). The van der Waals surface area contributed by atoms with Gasteiger partial charge in [0.05, 0.1) is 0 Å². The molecule has 1 aromatic carbocycles. The van der Waals surface area contributed by atoms with Crippen LogP contribution in [0.1, 0.15) is 56.1 Å². The lowest BCUT2D eigenvalue weighted by molar-refractivity contribution is 0.148.